The van der Waals surface area contributed by atoms with Crippen LogP contribution in [-0.4, -0.2) is 69.0 Å². The third kappa shape index (κ3) is 7.31. The van der Waals surface area contributed by atoms with Crippen LogP contribution in [0.2, 0.25) is 0 Å². The molecule has 1 fully saturated rings. The zero-order valence-corrected chi connectivity index (χ0v) is 19.1. The molecule has 8 heteroatoms. The first-order valence-corrected chi connectivity index (χ1v) is 10.5. The number of carbonyl (C=O) groups excluding carboxylic acids is 1. The van der Waals surface area contributed by atoms with Crippen LogP contribution in [0.5, 0.6) is 11.5 Å². The minimum atomic E-state index is -0.497. The number of guanidine groups is 1. The van der Waals surface area contributed by atoms with Crippen molar-refractivity contribution in [3.63, 3.8) is 0 Å². The summed E-state index contributed by atoms with van der Waals surface area (Å²) in [5.74, 6) is 2.31. The molecule has 168 valence electrons. The van der Waals surface area contributed by atoms with Gasteiger partial charge in [0, 0.05) is 26.2 Å². The predicted molar refractivity (Wildman–Crippen MR) is 119 cm³/mol. The van der Waals surface area contributed by atoms with Crippen molar-refractivity contribution in [1.29, 1.82) is 0 Å². The molecule has 0 aliphatic carbocycles. The molecular formula is C22H36N4O4. The molecule has 1 heterocycles. The zero-order valence-electron chi connectivity index (χ0n) is 19.1. The van der Waals surface area contributed by atoms with Crippen LogP contribution >= 0.6 is 0 Å². The van der Waals surface area contributed by atoms with Crippen molar-refractivity contribution in [2.75, 3.05) is 40.4 Å². The second kappa shape index (κ2) is 10.9. The van der Waals surface area contributed by atoms with Crippen LogP contribution in [0.25, 0.3) is 0 Å². The highest BCUT2D eigenvalue weighted by molar-refractivity contribution is 5.80. The highest BCUT2D eigenvalue weighted by atomic mass is 16.6. The summed E-state index contributed by atoms with van der Waals surface area (Å²) < 4.78 is 16.0. The molecular weight excluding hydrogens is 384 g/mol. The maximum Gasteiger partial charge on any atom is 0.407 e. The molecule has 0 spiro atoms. The highest BCUT2D eigenvalue weighted by Gasteiger charge is 2.27. The molecule has 1 amide bonds. The number of rotatable bonds is 7. The normalized spacial score (nSPS) is 16.9. The third-order valence-electron chi connectivity index (χ3n) is 4.65. The van der Waals surface area contributed by atoms with Crippen molar-refractivity contribution >= 4 is 12.1 Å². The first kappa shape index (κ1) is 23.6. The van der Waals surface area contributed by atoms with Crippen LogP contribution in [0.1, 0.15) is 39.7 Å². The van der Waals surface area contributed by atoms with E-state index in [2.05, 4.69) is 22.5 Å². The number of hydrogen-bond donors (Lipinski definition) is 2. The largest absolute Gasteiger partial charge is 0.493 e. The van der Waals surface area contributed by atoms with E-state index in [4.69, 9.17) is 19.2 Å². The van der Waals surface area contributed by atoms with E-state index in [9.17, 15) is 4.79 Å². The van der Waals surface area contributed by atoms with Gasteiger partial charge < -0.3 is 29.7 Å². The number of hydrogen-bond acceptors (Lipinski definition) is 5. The van der Waals surface area contributed by atoms with Crippen molar-refractivity contribution in [3.05, 3.63) is 23.8 Å². The Morgan fingerprint density at radius 1 is 1.23 bits per heavy atom. The minimum Gasteiger partial charge on any atom is -0.493 e. The van der Waals surface area contributed by atoms with Gasteiger partial charge in [-0.3, -0.25) is 4.99 Å². The van der Waals surface area contributed by atoms with E-state index in [0.717, 1.165) is 49.0 Å². The van der Waals surface area contributed by atoms with Crippen LogP contribution in [0.15, 0.2) is 23.2 Å². The van der Waals surface area contributed by atoms with Crippen molar-refractivity contribution in [2.24, 2.45) is 4.99 Å². The second-order valence-corrected chi connectivity index (χ2v) is 8.25. The van der Waals surface area contributed by atoms with Crippen LogP contribution in [-0.2, 0) is 11.2 Å². The predicted octanol–water partition coefficient (Wildman–Crippen LogP) is 2.81. The molecule has 1 aliphatic rings. The minimum absolute atomic E-state index is 0.0505. The summed E-state index contributed by atoms with van der Waals surface area (Å²) in [7, 11) is 3.27. The number of benzene rings is 1. The van der Waals surface area contributed by atoms with E-state index < -0.39 is 5.60 Å². The molecule has 30 heavy (non-hydrogen) atoms. The monoisotopic (exact) mass is 420 g/mol. The Morgan fingerprint density at radius 3 is 2.60 bits per heavy atom. The van der Waals surface area contributed by atoms with Crippen LogP contribution in [0.3, 0.4) is 0 Å². The first-order chi connectivity index (χ1) is 14.3. The summed E-state index contributed by atoms with van der Waals surface area (Å²) in [5, 5.41) is 6.31. The van der Waals surface area contributed by atoms with Crippen molar-refractivity contribution < 1.29 is 19.0 Å². The number of carbonyl (C=O) groups is 1. The van der Waals surface area contributed by atoms with Crippen LogP contribution in [0.4, 0.5) is 4.79 Å². The summed E-state index contributed by atoms with van der Waals surface area (Å²) in [6, 6.07) is 5.98. The fraction of sp³-hybridized carbons (Fsp3) is 0.636. The number of ether oxygens (including phenoxy) is 3. The summed E-state index contributed by atoms with van der Waals surface area (Å²) in [5.41, 5.74) is 0.640. The van der Waals surface area contributed by atoms with Gasteiger partial charge in [-0.2, -0.15) is 0 Å². The van der Waals surface area contributed by atoms with Crippen molar-refractivity contribution in [2.45, 2.75) is 52.2 Å². The molecule has 0 saturated carbocycles. The fourth-order valence-electron chi connectivity index (χ4n) is 3.30. The Kier molecular flexibility index (Phi) is 8.62. The van der Waals surface area contributed by atoms with E-state index in [1.54, 1.807) is 14.2 Å². The Bertz CT molecular complexity index is 730. The summed E-state index contributed by atoms with van der Waals surface area (Å²) in [6.07, 6.45) is 1.28. The molecule has 1 unspecified atom stereocenters. The molecule has 0 bridgehead atoms. The standard InChI is InChI=1S/C22H36N4O4/c1-7-23-20(24-12-10-16-8-9-18(28-5)19(14-16)29-6)26-13-11-17(15-26)25-21(27)30-22(2,3)4/h8-9,14,17H,7,10-13,15H2,1-6H3,(H,23,24)(H,25,27). The lowest BCUT2D eigenvalue weighted by molar-refractivity contribution is 0.0507. The van der Waals surface area contributed by atoms with Gasteiger partial charge in [0.05, 0.1) is 20.3 Å². The van der Waals surface area contributed by atoms with Gasteiger partial charge >= 0.3 is 6.09 Å². The SMILES string of the molecule is CCNC(=NCCc1ccc(OC)c(OC)c1)N1CCC(NC(=O)OC(C)(C)C)C1. The van der Waals surface area contributed by atoms with Gasteiger partial charge in [0.15, 0.2) is 17.5 Å². The van der Waals surface area contributed by atoms with E-state index in [-0.39, 0.29) is 12.1 Å². The highest BCUT2D eigenvalue weighted by Crippen LogP contribution is 2.27. The fourth-order valence-corrected chi connectivity index (χ4v) is 3.30. The van der Waals surface area contributed by atoms with E-state index in [1.165, 1.54) is 0 Å². The van der Waals surface area contributed by atoms with E-state index in [0.29, 0.717) is 13.1 Å². The Balaban J connectivity index is 1.92. The molecule has 2 N–H and O–H groups in total. The smallest absolute Gasteiger partial charge is 0.407 e. The molecule has 0 aromatic heterocycles. The summed E-state index contributed by atoms with van der Waals surface area (Å²) in [6.45, 7) is 10.6. The van der Waals surface area contributed by atoms with Crippen molar-refractivity contribution in [3.8, 4) is 11.5 Å². The number of aliphatic imine (C=N–C) groups is 1. The lowest BCUT2D eigenvalue weighted by atomic mass is 10.1. The topological polar surface area (TPSA) is 84.4 Å². The van der Waals surface area contributed by atoms with Gasteiger partial charge in [0.2, 0.25) is 0 Å². The number of likely N-dealkylation sites (tertiary alicyclic amines) is 1. The first-order valence-electron chi connectivity index (χ1n) is 10.5. The Labute approximate surface area is 180 Å². The Hall–Kier alpha value is -2.64. The number of nitrogens with one attached hydrogen (secondary N) is 2. The van der Waals surface area contributed by atoms with E-state index >= 15 is 0 Å². The van der Waals surface area contributed by atoms with Crippen LogP contribution in [0, 0.1) is 0 Å². The number of methoxy groups -OCH3 is 2. The van der Waals surface area contributed by atoms with Gasteiger partial charge in [-0.05, 0) is 58.2 Å². The summed E-state index contributed by atoms with van der Waals surface area (Å²) in [4.78, 5) is 19.0. The number of nitrogens with zero attached hydrogens (tertiary/aromatic N) is 2. The third-order valence-corrected chi connectivity index (χ3v) is 4.65. The quantitative estimate of drug-likeness (QED) is 0.521. The van der Waals surface area contributed by atoms with Gasteiger partial charge in [0.1, 0.15) is 5.60 Å². The lowest BCUT2D eigenvalue weighted by Gasteiger charge is -2.23. The molecule has 1 aromatic rings. The molecule has 1 atom stereocenters. The van der Waals surface area contributed by atoms with Gasteiger partial charge in [0.25, 0.3) is 0 Å². The van der Waals surface area contributed by atoms with Crippen LogP contribution < -0.4 is 20.1 Å². The molecule has 8 nitrogen and oxygen atoms in total. The van der Waals surface area contributed by atoms with E-state index in [1.807, 2.05) is 39.0 Å². The lowest BCUT2D eigenvalue weighted by Crippen LogP contribution is -2.44. The molecule has 2 rings (SSSR count). The van der Waals surface area contributed by atoms with Gasteiger partial charge in [-0.1, -0.05) is 6.07 Å². The maximum absolute atomic E-state index is 12.0. The van der Waals surface area contributed by atoms with Gasteiger partial charge in [-0.15, -0.1) is 0 Å². The molecule has 1 aromatic carbocycles. The molecule has 0 radical (unpaired) electrons. The van der Waals surface area contributed by atoms with Crippen molar-refractivity contribution in [1.82, 2.24) is 15.5 Å². The number of alkyl carbamates (subject to hydrolysis) is 1. The molecule has 1 aliphatic heterocycles. The zero-order chi connectivity index (χ0) is 22.1. The average molecular weight is 421 g/mol. The summed E-state index contributed by atoms with van der Waals surface area (Å²) >= 11 is 0. The second-order valence-electron chi connectivity index (χ2n) is 8.25. The Morgan fingerprint density at radius 2 is 1.97 bits per heavy atom. The average Bonchev–Trinajstić information content (AvgIpc) is 3.13. The maximum atomic E-state index is 12.0. The molecule has 1 saturated heterocycles. The number of amides is 1. The van der Waals surface area contributed by atoms with Gasteiger partial charge in [-0.25, -0.2) is 4.79 Å².